The van der Waals surface area contributed by atoms with Crippen LogP contribution in [0.5, 0.6) is 5.75 Å². The predicted octanol–water partition coefficient (Wildman–Crippen LogP) is 2.51. The fraction of sp³-hybridized carbons (Fsp3) is 0.105. The lowest BCUT2D eigenvalue weighted by Crippen LogP contribution is -2.48. The summed E-state index contributed by atoms with van der Waals surface area (Å²) >= 11 is 5.02. The third-order valence-corrected chi connectivity index (χ3v) is 3.52. The molecule has 7 heteroatoms. The van der Waals surface area contributed by atoms with E-state index in [2.05, 4.69) is 22.7 Å². The highest BCUT2D eigenvalue weighted by Crippen LogP contribution is 2.17. The number of thiocarbonyl (C=S) groups is 1. The summed E-state index contributed by atoms with van der Waals surface area (Å²) in [4.78, 5) is 24.3. The normalized spacial score (nSPS) is 9.73. The number of para-hydroxylation sites is 1. The van der Waals surface area contributed by atoms with Gasteiger partial charge in [0.05, 0.1) is 5.56 Å². The first-order valence-electron chi connectivity index (χ1n) is 7.82. The first kappa shape index (κ1) is 19.1. The summed E-state index contributed by atoms with van der Waals surface area (Å²) < 4.78 is 5.44. The van der Waals surface area contributed by atoms with Crippen molar-refractivity contribution in [3.8, 4) is 5.75 Å². The van der Waals surface area contributed by atoms with Crippen LogP contribution in [0.25, 0.3) is 0 Å². The van der Waals surface area contributed by atoms with E-state index in [0.717, 1.165) is 5.56 Å². The summed E-state index contributed by atoms with van der Waals surface area (Å²) in [6.45, 7) is 5.78. The molecule has 0 radical (unpaired) electrons. The molecule has 3 N–H and O–H groups in total. The van der Waals surface area contributed by atoms with E-state index in [1.165, 1.54) is 0 Å². The van der Waals surface area contributed by atoms with Gasteiger partial charge in [-0.25, -0.2) is 0 Å². The van der Waals surface area contributed by atoms with E-state index < -0.39 is 5.91 Å². The number of carbonyl (C=O) groups excluding carboxylic acids is 2. The largest absolute Gasteiger partial charge is 0.489 e. The van der Waals surface area contributed by atoms with Crippen molar-refractivity contribution in [3.63, 3.8) is 0 Å². The van der Waals surface area contributed by atoms with Gasteiger partial charge < -0.3 is 4.74 Å². The van der Waals surface area contributed by atoms with Crippen LogP contribution in [0.3, 0.4) is 0 Å². The van der Waals surface area contributed by atoms with Gasteiger partial charge in [0.15, 0.2) is 5.11 Å². The van der Waals surface area contributed by atoms with E-state index in [4.69, 9.17) is 17.0 Å². The Morgan fingerprint density at radius 3 is 2.46 bits per heavy atom. The van der Waals surface area contributed by atoms with Crippen molar-refractivity contribution in [1.29, 1.82) is 0 Å². The highest BCUT2D eigenvalue weighted by atomic mass is 32.1. The average Bonchev–Trinajstić information content (AvgIpc) is 2.65. The summed E-state index contributed by atoms with van der Waals surface area (Å²) in [5.74, 6) is -0.399. The van der Waals surface area contributed by atoms with Gasteiger partial charge in [0.2, 0.25) is 0 Å². The molecule has 6 nitrogen and oxygen atoms in total. The second-order valence-corrected chi connectivity index (χ2v) is 5.73. The first-order valence-corrected chi connectivity index (χ1v) is 8.23. The zero-order chi connectivity index (χ0) is 18.9. The summed E-state index contributed by atoms with van der Waals surface area (Å²) in [5.41, 5.74) is 6.77. The third-order valence-electron chi connectivity index (χ3n) is 3.32. The van der Waals surface area contributed by atoms with Gasteiger partial charge in [-0.15, -0.1) is 0 Å². The van der Waals surface area contributed by atoms with Crippen molar-refractivity contribution < 1.29 is 14.3 Å². The number of hydrazine groups is 1. The molecule has 26 heavy (non-hydrogen) atoms. The maximum absolute atomic E-state index is 12.3. The molecule has 2 aromatic rings. The second kappa shape index (κ2) is 9.33. The van der Waals surface area contributed by atoms with Gasteiger partial charge in [0.1, 0.15) is 12.4 Å². The molecule has 0 spiro atoms. The molecule has 134 valence electrons. The number of nitrogens with one attached hydrogen (secondary N) is 3. The molecular weight excluding hydrogens is 350 g/mol. The molecule has 2 rings (SSSR count). The van der Waals surface area contributed by atoms with Gasteiger partial charge in [-0.05, 0) is 43.4 Å². The fourth-order valence-corrected chi connectivity index (χ4v) is 2.16. The Bertz CT molecular complexity index is 819. The molecular formula is C19H19N3O3S. The number of hydrogen-bond donors (Lipinski definition) is 3. The van der Waals surface area contributed by atoms with Gasteiger partial charge in [0, 0.05) is 5.56 Å². The molecule has 0 aliphatic carbocycles. The van der Waals surface area contributed by atoms with Crippen LogP contribution in [0.15, 0.2) is 61.2 Å². The second-order valence-electron chi connectivity index (χ2n) is 5.32. The zero-order valence-electron chi connectivity index (χ0n) is 14.2. The fourth-order valence-electron chi connectivity index (χ4n) is 2.02. The Balaban J connectivity index is 1.91. The van der Waals surface area contributed by atoms with Crippen LogP contribution in [0, 0.1) is 6.92 Å². The van der Waals surface area contributed by atoms with E-state index in [1.807, 2.05) is 19.1 Å². The molecule has 0 heterocycles. The summed E-state index contributed by atoms with van der Waals surface area (Å²) in [5, 5.41) is 2.47. The molecule has 0 saturated heterocycles. The van der Waals surface area contributed by atoms with E-state index >= 15 is 0 Å². The quantitative estimate of drug-likeness (QED) is 0.429. The number of benzene rings is 2. The summed E-state index contributed by atoms with van der Waals surface area (Å²) in [7, 11) is 0. The Hall–Kier alpha value is -3.19. The van der Waals surface area contributed by atoms with Crippen LogP contribution in [0.1, 0.15) is 26.3 Å². The maximum Gasteiger partial charge on any atom is 0.273 e. The van der Waals surface area contributed by atoms with Gasteiger partial charge in [0.25, 0.3) is 11.8 Å². The predicted molar refractivity (Wildman–Crippen MR) is 104 cm³/mol. The van der Waals surface area contributed by atoms with Crippen molar-refractivity contribution in [3.05, 3.63) is 77.9 Å². The lowest BCUT2D eigenvalue weighted by atomic mass is 10.1. The van der Waals surface area contributed by atoms with E-state index in [1.54, 1.807) is 42.5 Å². The van der Waals surface area contributed by atoms with Crippen LogP contribution in [-0.4, -0.2) is 23.5 Å². The Kier molecular flexibility index (Phi) is 6.87. The molecule has 0 atom stereocenters. The number of carbonyl (C=O) groups is 2. The number of rotatable bonds is 5. The Morgan fingerprint density at radius 1 is 1.08 bits per heavy atom. The third kappa shape index (κ3) is 5.42. The van der Waals surface area contributed by atoms with Crippen LogP contribution in [0.2, 0.25) is 0 Å². The van der Waals surface area contributed by atoms with Crippen LogP contribution in [-0.2, 0) is 0 Å². The lowest BCUT2D eigenvalue weighted by Gasteiger charge is -2.13. The smallest absolute Gasteiger partial charge is 0.273 e. The van der Waals surface area contributed by atoms with Gasteiger partial charge >= 0.3 is 0 Å². The number of hydrogen-bond acceptors (Lipinski definition) is 4. The topological polar surface area (TPSA) is 79.5 Å². The first-order chi connectivity index (χ1) is 12.5. The van der Waals surface area contributed by atoms with Crippen molar-refractivity contribution >= 4 is 29.1 Å². The lowest BCUT2D eigenvalue weighted by molar-refractivity contribution is 0.0931. The standard InChI is InChI=1S/C19H19N3O3S/c1-3-12-25-16-7-5-4-6-15(16)18(24)21-22-19(26)20-17(23)14-10-8-13(2)9-11-14/h3-11H,1,12H2,2H3,(H,21,24)(H2,20,22,23,26). The highest BCUT2D eigenvalue weighted by molar-refractivity contribution is 7.80. The molecule has 0 saturated carbocycles. The van der Waals surface area contributed by atoms with Crippen molar-refractivity contribution in [1.82, 2.24) is 16.2 Å². The molecule has 0 bridgehead atoms. The van der Waals surface area contributed by atoms with Crippen LogP contribution >= 0.6 is 12.2 Å². The Morgan fingerprint density at radius 2 is 1.77 bits per heavy atom. The maximum atomic E-state index is 12.3. The van der Waals surface area contributed by atoms with E-state index in [-0.39, 0.29) is 17.6 Å². The van der Waals surface area contributed by atoms with Gasteiger partial charge in [-0.3, -0.25) is 25.8 Å². The minimum absolute atomic E-state index is 0.0200. The molecule has 0 unspecified atom stereocenters. The molecule has 0 aliphatic rings. The van der Waals surface area contributed by atoms with Crippen molar-refractivity contribution in [2.24, 2.45) is 0 Å². The highest BCUT2D eigenvalue weighted by Gasteiger charge is 2.13. The van der Waals surface area contributed by atoms with Crippen LogP contribution < -0.4 is 20.9 Å². The molecule has 0 aromatic heterocycles. The minimum atomic E-state index is -0.448. The minimum Gasteiger partial charge on any atom is -0.489 e. The van der Waals surface area contributed by atoms with E-state index in [9.17, 15) is 9.59 Å². The SMILES string of the molecule is C=CCOc1ccccc1C(=O)NNC(=S)NC(=O)c1ccc(C)cc1. The average molecular weight is 369 g/mol. The molecule has 2 amide bonds. The number of amides is 2. The molecule has 2 aromatic carbocycles. The Labute approximate surface area is 157 Å². The number of aryl methyl sites for hydroxylation is 1. The van der Waals surface area contributed by atoms with Crippen LogP contribution in [0.4, 0.5) is 0 Å². The van der Waals surface area contributed by atoms with Crippen molar-refractivity contribution in [2.45, 2.75) is 6.92 Å². The molecule has 0 fully saturated rings. The summed E-state index contributed by atoms with van der Waals surface area (Å²) in [6, 6.07) is 13.8. The summed E-state index contributed by atoms with van der Waals surface area (Å²) in [6.07, 6.45) is 1.59. The van der Waals surface area contributed by atoms with Crippen molar-refractivity contribution in [2.75, 3.05) is 6.61 Å². The zero-order valence-corrected chi connectivity index (χ0v) is 15.1. The number of ether oxygens (including phenoxy) is 1. The van der Waals surface area contributed by atoms with Gasteiger partial charge in [-0.2, -0.15) is 0 Å². The van der Waals surface area contributed by atoms with E-state index in [0.29, 0.717) is 16.9 Å². The molecule has 0 aliphatic heterocycles. The van der Waals surface area contributed by atoms with Gasteiger partial charge in [-0.1, -0.05) is 42.5 Å². The monoisotopic (exact) mass is 369 g/mol.